The van der Waals surface area contributed by atoms with E-state index >= 15 is 0 Å². The van der Waals surface area contributed by atoms with Crippen molar-refractivity contribution in [1.82, 2.24) is 0 Å². The molecule has 17 heavy (non-hydrogen) atoms. The van der Waals surface area contributed by atoms with Gasteiger partial charge in [0.2, 0.25) is 0 Å². The van der Waals surface area contributed by atoms with Crippen LogP contribution in [-0.4, -0.2) is 29.3 Å². The van der Waals surface area contributed by atoms with E-state index in [0.717, 1.165) is 31.5 Å². The molecule has 1 fully saturated rings. The van der Waals surface area contributed by atoms with Crippen molar-refractivity contribution in [2.75, 3.05) is 13.1 Å². The zero-order valence-corrected chi connectivity index (χ0v) is 9.56. The fourth-order valence-corrected chi connectivity index (χ4v) is 2.29. The van der Waals surface area contributed by atoms with Crippen LogP contribution in [0.3, 0.4) is 0 Å². The van der Waals surface area contributed by atoms with Crippen LogP contribution in [0.25, 0.3) is 5.76 Å². The fraction of sp³-hybridized carbons (Fsp3) is 0.286. The van der Waals surface area contributed by atoms with Crippen LogP contribution in [0.4, 0.5) is 0 Å². The number of carbonyl (C=O) groups is 1. The van der Waals surface area contributed by atoms with E-state index in [0.29, 0.717) is 11.5 Å². The Morgan fingerprint density at radius 3 is 2.47 bits per heavy atom. The summed E-state index contributed by atoms with van der Waals surface area (Å²) < 4.78 is 7.43. The fourth-order valence-electron chi connectivity index (χ4n) is 2.29. The lowest BCUT2D eigenvalue weighted by Crippen LogP contribution is -2.22. The van der Waals surface area contributed by atoms with Gasteiger partial charge in [-0.2, -0.15) is 0 Å². The molecule has 2 aliphatic rings. The molecular formula is C14H14NO2+. The largest absolute Gasteiger partial charge is 0.418 e. The van der Waals surface area contributed by atoms with Crippen molar-refractivity contribution in [2.45, 2.75) is 12.8 Å². The van der Waals surface area contributed by atoms with Gasteiger partial charge in [-0.25, -0.2) is 9.37 Å². The summed E-state index contributed by atoms with van der Waals surface area (Å²) in [6, 6.07) is 9.74. The molecule has 2 aliphatic heterocycles. The molecule has 0 bridgehead atoms. The number of esters is 1. The summed E-state index contributed by atoms with van der Waals surface area (Å²) in [6.07, 6.45) is 4.18. The Morgan fingerprint density at radius 2 is 1.76 bits per heavy atom. The molecule has 0 aliphatic carbocycles. The number of benzene rings is 1. The Morgan fingerprint density at radius 1 is 1.06 bits per heavy atom. The molecule has 1 aromatic rings. The molecule has 0 saturated carbocycles. The van der Waals surface area contributed by atoms with Gasteiger partial charge in [-0.1, -0.05) is 30.3 Å². The Kier molecular flexibility index (Phi) is 2.52. The van der Waals surface area contributed by atoms with Crippen LogP contribution in [0.5, 0.6) is 0 Å². The van der Waals surface area contributed by atoms with Crippen molar-refractivity contribution in [1.29, 1.82) is 0 Å². The molecule has 86 valence electrons. The molecule has 0 aromatic heterocycles. The Labute approximate surface area is 100 Å². The highest BCUT2D eigenvalue weighted by Gasteiger charge is 2.32. The Bertz CT molecular complexity index is 506. The lowest BCUT2D eigenvalue weighted by Gasteiger charge is -1.99. The molecule has 0 unspecified atom stereocenters. The van der Waals surface area contributed by atoms with E-state index in [-0.39, 0.29) is 5.97 Å². The zero-order valence-electron chi connectivity index (χ0n) is 9.56. The summed E-state index contributed by atoms with van der Waals surface area (Å²) >= 11 is 0. The van der Waals surface area contributed by atoms with Crippen LogP contribution in [0.1, 0.15) is 18.4 Å². The topological polar surface area (TPSA) is 29.3 Å². The summed E-state index contributed by atoms with van der Waals surface area (Å²) in [4.78, 5) is 11.8. The number of nitrogens with zero attached hydrogens (tertiary/aromatic N) is 1. The van der Waals surface area contributed by atoms with Crippen LogP contribution in [0.15, 0.2) is 36.4 Å². The number of hydrogen-bond donors (Lipinski definition) is 0. The number of carbonyl (C=O) groups excluding carboxylic acids is 1. The van der Waals surface area contributed by atoms with E-state index < -0.39 is 0 Å². The highest BCUT2D eigenvalue weighted by Crippen LogP contribution is 2.22. The maximum atomic E-state index is 11.8. The predicted molar refractivity (Wildman–Crippen MR) is 64.7 cm³/mol. The summed E-state index contributed by atoms with van der Waals surface area (Å²) in [5.41, 5.74) is 1.66. The predicted octanol–water partition coefficient (Wildman–Crippen LogP) is 1.83. The molecule has 0 amide bonds. The maximum Gasteiger partial charge on any atom is 0.408 e. The van der Waals surface area contributed by atoms with Gasteiger partial charge in [0, 0.05) is 18.4 Å². The molecule has 1 saturated heterocycles. The average Bonchev–Trinajstić information content (AvgIpc) is 2.99. The summed E-state index contributed by atoms with van der Waals surface area (Å²) in [5.74, 6) is 0.447. The van der Waals surface area contributed by atoms with Crippen LogP contribution < -0.4 is 0 Å². The summed E-state index contributed by atoms with van der Waals surface area (Å²) in [7, 11) is 0. The third-order valence-corrected chi connectivity index (χ3v) is 3.18. The van der Waals surface area contributed by atoms with Crippen molar-refractivity contribution < 1.29 is 14.1 Å². The molecule has 0 spiro atoms. The lowest BCUT2D eigenvalue weighted by atomic mass is 10.2. The normalized spacial score (nSPS) is 19.5. The van der Waals surface area contributed by atoms with E-state index in [9.17, 15) is 4.79 Å². The van der Waals surface area contributed by atoms with Gasteiger partial charge >= 0.3 is 5.97 Å². The number of hydrogen-bond acceptors (Lipinski definition) is 2. The van der Waals surface area contributed by atoms with Crippen molar-refractivity contribution in [3.05, 3.63) is 42.0 Å². The second-order valence-electron chi connectivity index (χ2n) is 4.34. The van der Waals surface area contributed by atoms with Gasteiger partial charge in [-0.3, -0.25) is 0 Å². The molecule has 0 radical (unpaired) electrons. The quantitative estimate of drug-likeness (QED) is 0.542. The monoisotopic (exact) mass is 228 g/mol. The second kappa shape index (κ2) is 4.17. The molecule has 3 rings (SSSR count). The number of ether oxygens (including phenoxy) is 1. The number of rotatable bonds is 1. The third-order valence-electron chi connectivity index (χ3n) is 3.18. The molecule has 2 heterocycles. The van der Waals surface area contributed by atoms with Crippen LogP contribution in [0.2, 0.25) is 0 Å². The van der Waals surface area contributed by atoms with Crippen molar-refractivity contribution in [3.63, 3.8) is 0 Å². The van der Waals surface area contributed by atoms with Gasteiger partial charge < -0.3 is 4.74 Å². The molecule has 0 N–H and O–H groups in total. The Hall–Kier alpha value is -1.90. The first-order valence-corrected chi connectivity index (χ1v) is 5.96. The lowest BCUT2D eigenvalue weighted by molar-refractivity contribution is -0.504. The summed E-state index contributed by atoms with van der Waals surface area (Å²) in [6.45, 7) is 1.92. The maximum absolute atomic E-state index is 11.8. The first-order chi connectivity index (χ1) is 8.34. The van der Waals surface area contributed by atoms with E-state index in [2.05, 4.69) is 4.58 Å². The first kappa shape index (κ1) is 10.3. The summed E-state index contributed by atoms with van der Waals surface area (Å²) in [5, 5.41) is 0. The van der Waals surface area contributed by atoms with Crippen LogP contribution in [0, 0.1) is 0 Å². The van der Waals surface area contributed by atoms with Gasteiger partial charge in [0.1, 0.15) is 18.8 Å². The number of cyclic esters (lactones) is 1. The second-order valence-corrected chi connectivity index (χ2v) is 4.34. The minimum absolute atomic E-state index is 0.217. The minimum Gasteiger partial charge on any atom is -0.418 e. The van der Waals surface area contributed by atoms with Gasteiger partial charge in [0.15, 0.2) is 0 Å². The van der Waals surface area contributed by atoms with Crippen molar-refractivity contribution in [2.24, 2.45) is 0 Å². The zero-order chi connectivity index (χ0) is 11.7. The van der Waals surface area contributed by atoms with Crippen molar-refractivity contribution >= 4 is 17.4 Å². The highest BCUT2D eigenvalue weighted by atomic mass is 16.5. The van der Waals surface area contributed by atoms with Crippen LogP contribution in [-0.2, 0) is 9.53 Å². The standard InChI is InChI=1S/C14H14NO2/c16-14-12(15-8-4-5-9-15)10-13(17-14)11-6-2-1-3-7-11/h1-3,6-7,10H,4-5,8-9H2/q+1. The SMILES string of the molecule is O=C1OC(c2ccccc2)=CC1=[N+]1CCCC1. The van der Waals surface area contributed by atoms with E-state index in [1.54, 1.807) is 0 Å². The highest BCUT2D eigenvalue weighted by molar-refractivity contribution is 6.43. The molecule has 3 nitrogen and oxygen atoms in total. The Balaban J connectivity index is 1.97. The van der Waals surface area contributed by atoms with Gasteiger partial charge in [0.25, 0.3) is 5.71 Å². The van der Waals surface area contributed by atoms with Crippen molar-refractivity contribution in [3.8, 4) is 0 Å². The molecule has 3 heteroatoms. The van der Waals surface area contributed by atoms with Gasteiger partial charge in [0.05, 0.1) is 6.08 Å². The molecule has 1 aromatic carbocycles. The van der Waals surface area contributed by atoms with Gasteiger partial charge in [-0.15, -0.1) is 0 Å². The molecular weight excluding hydrogens is 214 g/mol. The third kappa shape index (κ3) is 1.88. The minimum atomic E-state index is -0.217. The van der Waals surface area contributed by atoms with E-state index in [1.165, 1.54) is 0 Å². The average molecular weight is 228 g/mol. The van der Waals surface area contributed by atoms with E-state index in [1.807, 2.05) is 36.4 Å². The van der Waals surface area contributed by atoms with E-state index in [4.69, 9.17) is 4.74 Å². The van der Waals surface area contributed by atoms with Gasteiger partial charge in [-0.05, 0) is 0 Å². The smallest absolute Gasteiger partial charge is 0.408 e. The molecule has 0 atom stereocenters. The van der Waals surface area contributed by atoms with Crippen LogP contribution >= 0.6 is 0 Å². The first-order valence-electron chi connectivity index (χ1n) is 5.96.